The highest BCUT2D eigenvalue weighted by molar-refractivity contribution is 6.18. The molecule has 2 heteroatoms. The van der Waals surface area contributed by atoms with Crippen molar-refractivity contribution >= 4 is 65.4 Å². The van der Waals surface area contributed by atoms with Gasteiger partial charge in [-0.25, -0.2) is 0 Å². The molecule has 0 fully saturated rings. The number of fused-ring (bicyclic) bond motifs is 19. The molecule has 2 heterocycles. The minimum Gasteiger partial charge on any atom is -0.455 e. The van der Waals surface area contributed by atoms with Crippen molar-refractivity contribution < 1.29 is 8.83 Å². The molecular formula is C67H50O2. The topological polar surface area (TPSA) is 26.3 Å². The predicted octanol–water partition coefficient (Wildman–Crippen LogP) is 18.7. The van der Waals surface area contributed by atoms with Gasteiger partial charge in [0.2, 0.25) is 0 Å². The zero-order valence-corrected chi connectivity index (χ0v) is 40.3. The van der Waals surface area contributed by atoms with E-state index in [1.54, 1.807) is 0 Å². The normalized spacial score (nSPS) is 15.6. The van der Waals surface area contributed by atoms with Crippen LogP contribution in [0.4, 0.5) is 0 Å². The summed E-state index contributed by atoms with van der Waals surface area (Å²) >= 11 is 0. The van der Waals surface area contributed by atoms with E-state index >= 15 is 0 Å². The molecule has 2 aromatic heterocycles. The summed E-state index contributed by atoms with van der Waals surface area (Å²) in [4.78, 5) is 0. The largest absolute Gasteiger partial charge is 0.455 e. The predicted molar refractivity (Wildman–Crippen MR) is 289 cm³/mol. The van der Waals surface area contributed by atoms with Crippen molar-refractivity contribution in [3.8, 4) is 55.6 Å². The highest BCUT2D eigenvalue weighted by Gasteiger charge is 2.46. The van der Waals surface area contributed by atoms with Gasteiger partial charge in [-0.05, 0) is 173 Å². The molecule has 0 saturated carbocycles. The lowest BCUT2D eigenvalue weighted by Crippen LogP contribution is -2.17. The zero-order valence-electron chi connectivity index (χ0n) is 40.3. The monoisotopic (exact) mass is 886 g/mol. The van der Waals surface area contributed by atoms with Crippen molar-refractivity contribution in [2.45, 2.75) is 71.6 Å². The van der Waals surface area contributed by atoms with E-state index in [1.165, 1.54) is 111 Å². The smallest absolute Gasteiger partial charge is 0.143 e. The maximum atomic E-state index is 6.71. The van der Waals surface area contributed by atoms with E-state index in [9.17, 15) is 0 Å². The van der Waals surface area contributed by atoms with Crippen LogP contribution in [0.25, 0.3) is 121 Å². The first-order valence-corrected chi connectivity index (χ1v) is 24.7. The quantitative estimate of drug-likeness (QED) is 0.173. The van der Waals surface area contributed by atoms with Crippen molar-refractivity contribution in [3.05, 3.63) is 202 Å². The minimum atomic E-state index is -0.247. The summed E-state index contributed by atoms with van der Waals surface area (Å²) in [5.41, 5.74) is 27.0. The van der Waals surface area contributed by atoms with E-state index in [0.717, 1.165) is 55.0 Å². The van der Waals surface area contributed by atoms with Crippen LogP contribution in [-0.2, 0) is 16.2 Å². The molecule has 69 heavy (non-hydrogen) atoms. The first kappa shape index (κ1) is 39.3. The van der Waals surface area contributed by atoms with Gasteiger partial charge in [0.1, 0.15) is 22.3 Å². The van der Waals surface area contributed by atoms with Crippen LogP contribution in [0.15, 0.2) is 167 Å². The first-order valence-electron chi connectivity index (χ1n) is 24.7. The van der Waals surface area contributed by atoms with Crippen molar-refractivity contribution in [2.75, 3.05) is 0 Å². The minimum absolute atomic E-state index is 0.223. The second-order valence-corrected chi connectivity index (χ2v) is 22.0. The molecule has 3 aliphatic carbocycles. The van der Waals surface area contributed by atoms with Gasteiger partial charge in [0, 0.05) is 48.9 Å². The van der Waals surface area contributed by atoms with E-state index in [2.05, 4.69) is 213 Å². The molecule has 0 spiro atoms. The lowest BCUT2D eigenvalue weighted by atomic mass is 9.78. The van der Waals surface area contributed by atoms with E-state index in [1.807, 2.05) is 0 Å². The number of rotatable bonds is 2. The summed E-state index contributed by atoms with van der Waals surface area (Å²) in [6.07, 6.45) is 0. The summed E-state index contributed by atoms with van der Waals surface area (Å²) in [7, 11) is 0. The maximum absolute atomic E-state index is 6.71. The van der Waals surface area contributed by atoms with Crippen molar-refractivity contribution in [2.24, 2.45) is 0 Å². The molecule has 330 valence electrons. The molecule has 10 aromatic carbocycles. The van der Waals surface area contributed by atoms with Crippen LogP contribution < -0.4 is 0 Å². The van der Waals surface area contributed by atoms with Gasteiger partial charge in [-0.15, -0.1) is 0 Å². The van der Waals surface area contributed by atoms with E-state index in [-0.39, 0.29) is 16.2 Å². The summed E-state index contributed by atoms with van der Waals surface area (Å²) < 4.78 is 13.4. The number of para-hydroxylation sites is 4. The Kier molecular flexibility index (Phi) is 7.35. The summed E-state index contributed by atoms with van der Waals surface area (Å²) in [5, 5.41) is 9.85. The molecule has 0 saturated heterocycles. The standard InChI is InChI=1S/C67H50O2/c1-35-17-13-25-43-59(35)47(41-23-15-21-39-37-19-9-11-27-57(37)68-63(39)41)31-55-61(43)49-33-51-45(29-53(49)66(55,5)6)46-30-54-50(34-52(46)65(51,3)4)62-44-26-14-18-36(2)60(44)48(32-56(62)67(54,7)8)42-24-16-22-40-38-20-10-12-28-58(38)69-64(40)42/h9-34H,1-8H3. The second-order valence-electron chi connectivity index (χ2n) is 22.0. The third-order valence-corrected chi connectivity index (χ3v) is 17.3. The van der Waals surface area contributed by atoms with Crippen LogP contribution in [0.5, 0.6) is 0 Å². The Labute approximate surface area is 401 Å². The van der Waals surface area contributed by atoms with Crippen molar-refractivity contribution in [1.82, 2.24) is 0 Å². The Bertz CT molecular complexity index is 4070. The van der Waals surface area contributed by atoms with Crippen LogP contribution in [0.2, 0.25) is 0 Å². The average molecular weight is 887 g/mol. The number of hydrogen-bond acceptors (Lipinski definition) is 2. The second kappa shape index (κ2) is 12.9. The van der Waals surface area contributed by atoms with Gasteiger partial charge in [-0.3, -0.25) is 0 Å². The van der Waals surface area contributed by atoms with Gasteiger partial charge in [-0.1, -0.05) is 151 Å². The van der Waals surface area contributed by atoms with Gasteiger partial charge < -0.3 is 8.83 Å². The van der Waals surface area contributed by atoms with E-state index < -0.39 is 0 Å². The van der Waals surface area contributed by atoms with Gasteiger partial charge in [-0.2, -0.15) is 0 Å². The molecule has 0 amide bonds. The zero-order chi connectivity index (χ0) is 46.6. The Morgan fingerprint density at radius 2 is 0.623 bits per heavy atom. The number of hydrogen-bond donors (Lipinski definition) is 0. The molecule has 0 bridgehead atoms. The van der Waals surface area contributed by atoms with Gasteiger partial charge in [0.05, 0.1) is 0 Å². The summed E-state index contributed by atoms with van der Waals surface area (Å²) in [6.45, 7) is 19.2. The third-order valence-electron chi connectivity index (χ3n) is 17.3. The van der Waals surface area contributed by atoms with Crippen LogP contribution >= 0.6 is 0 Å². The number of aryl methyl sites for hydroxylation is 2. The fraction of sp³-hybridized carbons (Fsp3) is 0.164. The molecule has 2 nitrogen and oxygen atoms in total. The number of furan rings is 2. The highest BCUT2D eigenvalue weighted by atomic mass is 16.3. The lowest BCUT2D eigenvalue weighted by molar-refractivity contribution is 0.649. The molecule has 12 aromatic rings. The fourth-order valence-corrected chi connectivity index (χ4v) is 13.8. The molecule has 15 rings (SSSR count). The van der Waals surface area contributed by atoms with Gasteiger partial charge in [0.15, 0.2) is 0 Å². The van der Waals surface area contributed by atoms with Crippen LogP contribution in [0.1, 0.15) is 86.1 Å². The Balaban J connectivity index is 0.926. The SMILES string of the molecule is Cc1cccc2c3c(cc(-c4cccc5c4oc4ccccc45)c12)C(C)(C)c1cc2c(cc1-3)C(C)(C)c1cc3c(cc1-2)C(C)(C)c1cc(-c2cccc4c2oc2ccccc24)c2c(C)cccc2c1-3. The first-order chi connectivity index (χ1) is 33.3. The van der Waals surface area contributed by atoms with Gasteiger partial charge >= 0.3 is 0 Å². The summed E-state index contributed by atoms with van der Waals surface area (Å²) in [5.74, 6) is 0. The van der Waals surface area contributed by atoms with Gasteiger partial charge in [0.25, 0.3) is 0 Å². The molecule has 0 radical (unpaired) electrons. The maximum Gasteiger partial charge on any atom is 0.143 e. The Morgan fingerprint density at radius 3 is 1.07 bits per heavy atom. The molecule has 0 unspecified atom stereocenters. The molecular weight excluding hydrogens is 837 g/mol. The lowest BCUT2D eigenvalue weighted by Gasteiger charge is -2.25. The average Bonchev–Trinajstić information content (AvgIpc) is 4.09. The van der Waals surface area contributed by atoms with E-state index in [4.69, 9.17) is 8.83 Å². The third kappa shape index (κ3) is 4.82. The van der Waals surface area contributed by atoms with Crippen molar-refractivity contribution in [3.63, 3.8) is 0 Å². The van der Waals surface area contributed by atoms with Crippen LogP contribution in [0, 0.1) is 13.8 Å². The Hall–Kier alpha value is -7.68. The highest BCUT2D eigenvalue weighted by Crippen LogP contribution is 2.62. The molecule has 0 atom stereocenters. The molecule has 3 aliphatic rings. The molecule has 0 aliphatic heterocycles. The number of benzene rings is 10. The fourth-order valence-electron chi connectivity index (χ4n) is 13.8. The Morgan fingerprint density at radius 1 is 0.290 bits per heavy atom. The van der Waals surface area contributed by atoms with Crippen molar-refractivity contribution in [1.29, 1.82) is 0 Å². The van der Waals surface area contributed by atoms with Crippen LogP contribution in [-0.4, -0.2) is 0 Å². The van der Waals surface area contributed by atoms with E-state index in [0.29, 0.717) is 0 Å². The van der Waals surface area contributed by atoms with Crippen LogP contribution in [0.3, 0.4) is 0 Å². The molecule has 0 N–H and O–H groups in total. The summed E-state index contributed by atoms with van der Waals surface area (Å²) in [6, 6.07) is 59.3.